The molecule has 27 heavy (non-hydrogen) atoms. The Hall–Kier alpha value is -2.52. The Balaban J connectivity index is 0.000000527. The van der Waals surface area contributed by atoms with E-state index in [2.05, 4.69) is 19.7 Å². The number of hydrogen-bond acceptors (Lipinski definition) is 7. The SMILES string of the molecule is CC(=O)NC1CCN(c2ccc([N+](=O)[O-])c(C=O)c2)CC1.COC(C)OC. The van der Waals surface area contributed by atoms with Gasteiger partial charge in [-0.1, -0.05) is 0 Å². The number of piperidine rings is 1. The van der Waals surface area contributed by atoms with Gasteiger partial charge in [0.25, 0.3) is 5.69 Å². The number of nitrogens with one attached hydrogen (secondary N) is 1. The van der Waals surface area contributed by atoms with E-state index in [4.69, 9.17) is 0 Å². The minimum atomic E-state index is -0.559. The van der Waals surface area contributed by atoms with Crippen LogP contribution >= 0.6 is 0 Å². The molecule has 1 saturated heterocycles. The molecular weight excluding hydrogens is 354 g/mol. The number of nitro groups is 1. The van der Waals surface area contributed by atoms with E-state index in [0.29, 0.717) is 6.29 Å². The zero-order valence-corrected chi connectivity index (χ0v) is 16.1. The largest absolute Gasteiger partial charge is 0.371 e. The average molecular weight is 381 g/mol. The third-order valence-corrected chi connectivity index (χ3v) is 4.27. The van der Waals surface area contributed by atoms with Crippen LogP contribution in [0.15, 0.2) is 18.2 Å². The molecule has 1 aromatic carbocycles. The van der Waals surface area contributed by atoms with E-state index in [1.807, 2.05) is 6.92 Å². The quantitative estimate of drug-likeness (QED) is 0.348. The number of ether oxygens (including phenoxy) is 2. The second kappa shape index (κ2) is 11.2. The number of carbonyl (C=O) groups excluding carboxylic acids is 2. The average Bonchev–Trinajstić information content (AvgIpc) is 2.67. The summed E-state index contributed by atoms with van der Waals surface area (Å²) in [5.74, 6) is -0.0352. The van der Waals surface area contributed by atoms with E-state index in [9.17, 15) is 19.7 Å². The predicted molar refractivity (Wildman–Crippen MR) is 101 cm³/mol. The summed E-state index contributed by atoms with van der Waals surface area (Å²) in [5, 5.41) is 13.7. The maximum Gasteiger partial charge on any atom is 0.280 e. The molecule has 0 aromatic heterocycles. The van der Waals surface area contributed by atoms with Gasteiger partial charge >= 0.3 is 0 Å². The first kappa shape index (κ1) is 22.5. The lowest BCUT2D eigenvalue weighted by atomic mass is 10.0. The van der Waals surface area contributed by atoms with Crippen LogP contribution in [0.5, 0.6) is 0 Å². The molecule has 1 heterocycles. The van der Waals surface area contributed by atoms with E-state index >= 15 is 0 Å². The minimum absolute atomic E-state index is 0.0352. The summed E-state index contributed by atoms with van der Waals surface area (Å²) in [5.41, 5.74) is 0.701. The Kier molecular flexibility index (Phi) is 9.38. The molecule has 1 aliphatic heterocycles. The van der Waals surface area contributed by atoms with E-state index in [-0.39, 0.29) is 29.5 Å². The van der Waals surface area contributed by atoms with Crippen LogP contribution in [-0.2, 0) is 14.3 Å². The maximum absolute atomic E-state index is 11.0. The number of nitrogens with zero attached hydrogens (tertiary/aromatic N) is 2. The Morgan fingerprint density at radius 1 is 1.33 bits per heavy atom. The van der Waals surface area contributed by atoms with E-state index in [0.717, 1.165) is 31.6 Å². The second-order valence-corrected chi connectivity index (χ2v) is 6.12. The first-order valence-corrected chi connectivity index (χ1v) is 8.63. The van der Waals surface area contributed by atoms with Crippen molar-refractivity contribution in [1.29, 1.82) is 0 Å². The molecule has 9 heteroatoms. The third-order valence-electron chi connectivity index (χ3n) is 4.27. The highest BCUT2D eigenvalue weighted by Crippen LogP contribution is 2.26. The summed E-state index contributed by atoms with van der Waals surface area (Å²) in [6, 6.07) is 4.73. The van der Waals surface area contributed by atoms with Gasteiger partial charge in [-0.05, 0) is 31.9 Å². The van der Waals surface area contributed by atoms with Crippen LogP contribution in [0.2, 0.25) is 0 Å². The Morgan fingerprint density at radius 3 is 2.33 bits per heavy atom. The topological polar surface area (TPSA) is 111 Å². The molecule has 9 nitrogen and oxygen atoms in total. The number of anilines is 1. The van der Waals surface area contributed by atoms with Gasteiger partial charge in [-0.15, -0.1) is 0 Å². The van der Waals surface area contributed by atoms with E-state index < -0.39 is 4.92 Å². The van der Waals surface area contributed by atoms with Crippen molar-refractivity contribution in [2.24, 2.45) is 0 Å². The number of rotatable bonds is 6. The maximum atomic E-state index is 11.0. The van der Waals surface area contributed by atoms with E-state index in [1.165, 1.54) is 13.0 Å². The van der Waals surface area contributed by atoms with Crippen molar-refractivity contribution in [3.63, 3.8) is 0 Å². The van der Waals surface area contributed by atoms with Crippen molar-refractivity contribution in [2.45, 2.75) is 39.0 Å². The molecule has 1 fully saturated rings. The summed E-state index contributed by atoms with van der Waals surface area (Å²) in [7, 11) is 3.21. The number of hydrogen-bond donors (Lipinski definition) is 1. The molecule has 0 bridgehead atoms. The predicted octanol–water partition coefficient (Wildman–Crippen LogP) is 2.14. The van der Waals surface area contributed by atoms with E-state index in [1.54, 1.807) is 26.4 Å². The van der Waals surface area contributed by atoms with Crippen LogP contribution in [0, 0.1) is 10.1 Å². The van der Waals surface area contributed by atoms with Gasteiger partial charge in [-0.3, -0.25) is 19.7 Å². The molecule has 0 spiro atoms. The monoisotopic (exact) mass is 381 g/mol. The number of carbonyl (C=O) groups is 2. The molecule has 0 unspecified atom stereocenters. The summed E-state index contributed by atoms with van der Waals surface area (Å²) >= 11 is 0. The second-order valence-electron chi connectivity index (χ2n) is 6.12. The molecule has 0 radical (unpaired) electrons. The molecule has 0 aliphatic carbocycles. The lowest BCUT2D eigenvalue weighted by molar-refractivity contribution is -0.385. The van der Waals surface area contributed by atoms with Crippen molar-refractivity contribution < 1.29 is 24.0 Å². The number of nitro benzene ring substituents is 1. The molecule has 1 aromatic rings. The zero-order valence-electron chi connectivity index (χ0n) is 16.1. The molecule has 1 amide bonds. The van der Waals surface area contributed by atoms with Gasteiger partial charge in [-0.25, -0.2) is 0 Å². The van der Waals surface area contributed by atoms with Crippen molar-refractivity contribution in [3.8, 4) is 0 Å². The standard InChI is InChI=1S/C14H17N3O4.C4H10O2/c1-10(19)15-12-4-6-16(7-5-12)13-2-3-14(17(20)21)11(8-13)9-18;1-4(5-2)6-3/h2-3,8-9,12H,4-7H2,1H3,(H,15,19);4H,1-3H3. The van der Waals surface area contributed by atoms with Gasteiger partial charge in [0.1, 0.15) is 0 Å². The lowest BCUT2D eigenvalue weighted by Gasteiger charge is -2.33. The number of amides is 1. The minimum Gasteiger partial charge on any atom is -0.371 e. The summed E-state index contributed by atoms with van der Waals surface area (Å²) in [6.07, 6.45) is 2.07. The lowest BCUT2D eigenvalue weighted by Crippen LogP contribution is -2.44. The fourth-order valence-corrected chi connectivity index (χ4v) is 2.66. The Bertz CT molecular complexity index is 640. The highest BCUT2D eigenvalue weighted by molar-refractivity contribution is 5.83. The highest BCUT2D eigenvalue weighted by Gasteiger charge is 2.22. The molecular formula is C18H27N3O6. The molecule has 150 valence electrons. The number of benzene rings is 1. The van der Waals surface area contributed by atoms with Gasteiger partial charge in [0.2, 0.25) is 5.91 Å². The molecule has 1 N–H and O–H groups in total. The van der Waals surface area contributed by atoms with Crippen molar-refractivity contribution in [3.05, 3.63) is 33.9 Å². The van der Waals surface area contributed by atoms with Crippen molar-refractivity contribution >= 4 is 23.6 Å². The number of aldehydes is 1. The van der Waals surface area contributed by atoms with Crippen LogP contribution in [0.3, 0.4) is 0 Å². The first-order chi connectivity index (χ1) is 12.8. The van der Waals surface area contributed by atoms with Crippen LogP contribution in [0.1, 0.15) is 37.0 Å². The molecule has 0 saturated carbocycles. The van der Waals surface area contributed by atoms with Gasteiger partial charge in [-0.2, -0.15) is 0 Å². The molecule has 0 atom stereocenters. The zero-order chi connectivity index (χ0) is 20.4. The fraction of sp³-hybridized carbons (Fsp3) is 0.556. The van der Waals surface area contributed by atoms with Gasteiger partial charge in [0.15, 0.2) is 12.6 Å². The van der Waals surface area contributed by atoms with Crippen molar-refractivity contribution in [2.75, 3.05) is 32.2 Å². The fourth-order valence-electron chi connectivity index (χ4n) is 2.66. The van der Waals surface area contributed by atoms with Gasteiger partial charge in [0.05, 0.1) is 10.5 Å². The Morgan fingerprint density at radius 2 is 1.93 bits per heavy atom. The van der Waals surface area contributed by atoms with Crippen LogP contribution < -0.4 is 10.2 Å². The number of methoxy groups -OCH3 is 2. The van der Waals surface area contributed by atoms with Gasteiger partial charge < -0.3 is 19.7 Å². The normalized spacial score (nSPS) is 14.3. The third kappa shape index (κ3) is 7.32. The summed E-state index contributed by atoms with van der Waals surface area (Å²) in [4.78, 5) is 34.3. The highest BCUT2D eigenvalue weighted by atomic mass is 16.7. The van der Waals surface area contributed by atoms with Crippen LogP contribution in [0.4, 0.5) is 11.4 Å². The first-order valence-electron chi connectivity index (χ1n) is 8.63. The molecule has 1 aliphatic rings. The van der Waals surface area contributed by atoms with Crippen molar-refractivity contribution in [1.82, 2.24) is 5.32 Å². The van der Waals surface area contributed by atoms with Crippen LogP contribution in [-0.4, -0.2) is 56.8 Å². The Labute approximate surface area is 158 Å². The van der Waals surface area contributed by atoms with Crippen LogP contribution in [0.25, 0.3) is 0 Å². The summed E-state index contributed by atoms with van der Waals surface area (Å²) in [6.45, 7) is 4.81. The summed E-state index contributed by atoms with van der Waals surface area (Å²) < 4.78 is 9.35. The smallest absolute Gasteiger partial charge is 0.280 e. The van der Waals surface area contributed by atoms with Gasteiger partial charge in [0, 0.05) is 52.0 Å². The molecule has 2 rings (SSSR count).